The molecule has 6 nitrogen and oxygen atoms in total. The molecule has 0 saturated carbocycles. The van der Waals surface area contributed by atoms with Crippen LogP contribution < -0.4 is 10.9 Å². The number of fused-ring (bicyclic) bond motifs is 4. The van der Waals surface area contributed by atoms with E-state index in [4.69, 9.17) is 0 Å². The first kappa shape index (κ1) is 19.4. The summed E-state index contributed by atoms with van der Waals surface area (Å²) in [5.41, 5.74) is 2.26. The molecule has 2 bridgehead atoms. The molecule has 1 aromatic carbocycles. The molecule has 1 fully saturated rings. The number of hydrogen-bond donors (Lipinski definition) is 1. The molecule has 0 unspecified atom stereocenters. The fourth-order valence-electron chi connectivity index (χ4n) is 4.56. The molecule has 0 spiro atoms. The van der Waals surface area contributed by atoms with E-state index in [9.17, 15) is 14.4 Å². The second kappa shape index (κ2) is 8.64. The topological polar surface area (TPSA) is 71.4 Å². The van der Waals surface area contributed by atoms with Gasteiger partial charge in [0.25, 0.3) is 5.56 Å². The van der Waals surface area contributed by atoms with Gasteiger partial charge in [0.1, 0.15) is 0 Å². The van der Waals surface area contributed by atoms with Crippen molar-refractivity contribution in [1.82, 2.24) is 14.8 Å². The van der Waals surface area contributed by atoms with Gasteiger partial charge in [-0.15, -0.1) is 0 Å². The van der Waals surface area contributed by atoms with Crippen LogP contribution in [-0.4, -0.2) is 40.9 Å². The highest BCUT2D eigenvalue weighted by atomic mass is 16.2. The van der Waals surface area contributed by atoms with E-state index in [1.54, 1.807) is 12.1 Å². The number of carbonyl (C=O) groups excluding carboxylic acids is 2. The average Bonchev–Trinajstić information content (AvgIpc) is 2.73. The third kappa shape index (κ3) is 4.58. The van der Waals surface area contributed by atoms with E-state index in [0.717, 1.165) is 18.5 Å². The highest BCUT2D eigenvalue weighted by molar-refractivity contribution is 5.83. The molecule has 2 aliphatic heterocycles. The molecule has 1 aromatic heterocycles. The fourth-order valence-corrected chi connectivity index (χ4v) is 4.56. The second-order valence-corrected chi connectivity index (χ2v) is 8.08. The Kier molecular flexibility index (Phi) is 5.79. The van der Waals surface area contributed by atoms with Crippen molar-refractivity contribution in [1.29, 1.82) is 0 Å². The Labute approximate surface area is 170 Å². The number of benzene rings is 1. The molecule has 0 aliphatic carbocycles. The van der Waals surface area contributed by atoms with Gasteiger partial charge in [0.05, 0.1) is 0 Å². The van der Waals surface area contributed by atoms with Crippen LogP contribution in [0, 0.1) is 5.92 Å². The molecule has 2 amide bonds. The zero-order chi connectivity index (χ0) is 20.2. The molecule has 152 valence electrons. The van der Waals surface area contributed by atoms with Gasteiger partial charge < -0.3 is 14.8 Å². The third-order valence-corrected chi connectivity index (χ3v) is 5.98. The zero-order valence-corrected chi connectivity index (χ0v) is 16.5. The van der Waals surface area contributed by atoms with Crippen LogP contribution in [0.3, 0.4) is 0 Å². The third-order valence-electron chi connectivity index (χ3n) is 5.98. The second-order valence-electron chi connectivity index (χ2n) is 8.08. The monoisotopic (exact) mass is 393 g/mol. The number of piperidine rings is 1. The van der Waals surface area contributed by atoms with E-state index in [1.807, 2.05) is 45.9 Å². The Morgan fingerprint density at radius 2 is 1.79 bits per heavy atom. The van der Waals surface area contributed by atoms with E-state index in [-0.39, 0.29) is 36.1 Å². The van der Waals surface area contributed by atoms with Gasteiger partial charge >= 0.3 is 0 Å². The average molecular weight is 393 g/mol. The summed E-state index contributed by atoms with van der Waals surface area (Å²) in [5, 5.41) is 2.90. The number of amides is 2. The predicted octanol–water partition coefficient (Wildman–Crippen LogP) is 1.93. The van der Waals surface area contributed by atoms with Gasteiger partial charge in [-0.05, 0) is 30.4 Å². The molecular formula is C23H27N3O3. The van der Waals surface area contributed by atoms with E-state index < -0.39 is 0 Å². The van der Waals surface area contributed by atoms with Crippen molar-refractivity contribution in [3.63, 3.8) is 0 Å². The van der Waals surface area contributed by atoms with Gasteiger partial charge in [-0.3, -0.25) is 14.4 Å². The Hall–Kier alpha value is -2.89. The molecule has 2 aliphatic rings. The molecule has 29 heavy (non-hydrogen) atoms. The van der Waals surface area contributed by atoms with Crippen molar-refractivity contribution in [3.05, 3.63) is 70.1 Å². The Balaban J connectivity index is 1.25. The summed E-state index contributed by atoms with van der Waals surface area (Å²) in [5.74, 6) is 0.470. The van der Waals surface area contributed by atoms with Crippen LogP contribution in [0.5, 0.6) is 0 Å². The van der Waals surface area contributed by atoms with E-state index >= 15 is 0 Å². The van der Waals surface area contributed by atoms with Crippen molar-refractivity contribution in [2.24, 2.45) is 5.92 Å². The lowest BCUT2D eigenvalue weighted by Gasteiger charge is -2.42. The Morgan fingerprint density at radius 1 is 0.966 bits per heavy atom. The van der Waals surface area contributed by atoms with Gasteiger partial charge in [0.2, 0.25) is 11.8 Å². The highest BCUT2D eigenvalue weighted by Gasteiger charge is 2.36. The fraction of sp³-hybridized carbons (Fsp3) is 0.435. The lowest BCUT2D eigenvalue weighted by molar-refractivity contribution is -0.136. The van der Waals surface area contributed by atoms with Gasteiger partial charge in [-0.2, -0.15) is 0 Å². The van der Waals surface area contributed by atoms with Crippen LogP contribution in [0.25, 0.3) is 0 Å². The number of pyridine rings is 1. The van der Waals surface area contributed by atoms with Crippen molar-refractivity contribution in [2.75, 3.05) is 19.6 Å². The Morgan fingerprint density at radius 3 is 2.62 bits per heavy atom. The standard InChI is InChI=1S/C23H27N3O3/c27-21(24-12-11-17-5-2-1-3-6-17)9-10-22(28)25-14-18-13-19(16-25)20-7-4-8-23(29)26(20)15-18/h1-8,18-19H,9-16H2,(H,24,27)/t18-,19+/m1/s1. The van der Waals surface area contributed by atoms with Crippen LogP contribution in [0.1, 0.15) is 36.4 Å². The number of nitrogens with one attached hydrogen (secondary N) is 1. The molecule has 3 heterocycles. The van der Waals surface area contributed by atoms with Crippen molar-refractivity contribution in [2.45, 2.75) is 38.1 Å². The maximum absolute atomic E-state index is 12.7. The number of aromatic nitrogens is 1. The number of nitrogens with zero attached hydrogens (tertiary/aromatic N) is 2. The van der Waals surface area contributed by atoms with Gasteiger partial charge in [0, 0.05) is 56.7 Å². The largest absolute Gasteiger partial charge is 0.356 e. The number of rotatable bonds is 6. The van der Waals surface area contributed by atoms with Crippen LogP contribution in [0.2, 0.25) is 0 Å². The number of hydrogen-bond acceptors (Lipinski definition) is 3. The van der Waals surface area contributed by atoms with Crippen LogP contribution in [0.4, 0.5) is 0 Å². The lowest BCUT2D eigenvalue weighted by atomic mass is 9.83. The Bertz CT molecular complexity index is 938. The molecular weight excluding hydrogens is 366 g/mol. The summed E-state index contributed by atoms with van der Waals surface area (Å²) in [6, 6.07) is 15.4. The van der Waals surface area contributed by atoms with E-state index in [1.165, 1.54) is 5.56 Å². The van der Waals surface area contributed by atoms with Crippen LogP contribution >= 0.6 is 0 Å². The SMILES string of the molecule is O=C(CCC(=O)N1C[C@H]2C[C@@H](C1)c1cccc(=O)n1C2)NCCc1ccccc1. The molecule has 6 heteroatoms. The van der Waals surface area contributed by atoms with Crippen molar-refractivity contribution < 1.29 is 9.59 Å². The first-order valence-electron chi connectivity index (χ1n) is 10.4. The molecule has 2 atom stereocenters. The summed E-state index contributed by atoms with van der Waals surface area (Å²) in [7, 11) is 0. The van der Waals surface area contributed by atoms with E-state index in [0.29, 0.717) is 32.1 Å². The number of carbonyl (C=O) groups is 2. The molecule has 4 rings (SSSR count). The summed E-state index contributed by atoms with van der Waals surface area (Å²) in [6.07, 6.45) is 2.26. The van der Waals surface area contributed by atoms with Gasteiger partial charge in [-0.25, -0.2) is 0 Å². The summed E-state index contributed by atoms with van der Waals surface area (Å²) in [6.45, 7) is 2.56. The zero-order valence-electron chi connectivity index (χ0n) is 16.5. The number of likely N-dealkylation sites (tertiary alicyclic amines) is 1. The van der Waals surface area contributed by atoms with Crippen molar-refractivity contribution >= 4 is 11.8 Å². The predicted molar refractivity (Wildman–Crippen MR) is 111 cm³/mol. The molecule has 2 aromatic rings. The van der Waals surface area contributed by atoms with Crippen molar-refractivity contribution in [3.8, 4) is 0 Å². The minimum Gasteiger partial charge on any atom is -0.356 e. The highest BCUT2D eigenvalue weighted by Crippen LogP contribution is 2.35. The molecule has 1 saturated heterocycles. The summed E-state index contributed by atoms with van der Waals surface area (Å²) >= 11 is 0. The minimum absolute atomic E-state index is 0.0321. The lowest BCUT2D eigenvalue weighted by Crippen LogP contribution is -2.49. The van der Waals surface area contributed by atoms with Gasteiger partial charge in [-0.1, -0.05) is 36.4 Å². The smallest absolute Gasteiger partial charge is 0.250 e. The van der Waals surface area contributed by atoms with Crippen LogP contribution in [-0.2, 0) is 22.6 Å². The summed E-state index contributed by atoms with van der Waals surface area (Å²) < 4.78 is 1.86. The van der Waals surface area contributed by atoms with Crippen LogP contribution in [0.15, 0.2) is 53.3 Å². The summed E-state index contributed by atoms with van der Waals surface area (Å²) in [4.78, 5) is 38.8. The molecule has 0 radical (unpaired) electrons. The maximum Gasteiger partial charge on any atom is 0.250 e. The first-order chi connectivity index (χ1) is 14.1. The van der Waals surface area contributed by atoms with E-state index in [2.05, 4.69) is 5.32 Å². The normalized spacial score (nSPS) is 20.1. The maximum atomic E-state index is 12.7. The van der Waals surface area contributed by atoms with Gasteiger partial charge in [0.15, 0.2) is 0 Å². The quantitative estimate of drug-likeness (QED) is 0.815. The first-order valence-corrected chi connectivity index (χ1v) is 10.4. The minimum atomic E-state index is -0.0802. The molecule has 1 N–H and O–H groups in total.